The van der Waals surface area contributed by atoms with E-state index in [1.54, 1.807) is 0 Å². The van der Waals surface area contributed by atoms with Gasteiger partial charge >= 0.3 is 11.9 Å². The summed E-state index contributed by atoms with van der Waals surface area (Å²) in [4.78, 5) is 33.1. The summed E-state index contributed by atoms with van der Waals surface area (Å²) in [6.07, 6.45) is 1.87. The smallest absolute Gasteiger partial charge is 0.326 e. The van der Waals surface area contributed by atoms with E-state index >= 15 is 0 Å². The van der Waals surface area contributed by atoms with Crippen molar-refractivity contribution in [2.45, 2.75) is 38.1 Å². The van der Waals surface area contributed by atoms with Crippen LogP contribution in [0, 0.1) is 5.92 Å². The first-order chi connectivity index (χ1) is 8.99. The van der Waals surface area contributed by atoms with Gasteiger partial charge < -0.3 is 20.8 Å². The number of hydrogen-bond acceptors (Lipinski definition) is 4. The van der Waals surface area contributed by atoms with Gasteiger partial charge in [-0.15, -0.1) is 0 Å². The van der Waals surface area contributed by atoms with Gasteiger partial charge in [-0.2, -0.15) is 0 Å². The lowest BCUT2D eigenvalue weighted by molar-refractivity contribution is -0.143. The Hall–Kier alpha value is -1.63. The van der Waals surface area contributed by atoms with Crippen LogP contribution < -0.4 is 10.6 Å². The number of carboxylic acid groups (broad SMARTS) is 2. The summed E-state index contributed by atoms with van der Waals surface area (Å²) in [6, 6.07) is -1.12. The van der Waals surface area contributed by atoms with Gasteiger partial charge in [0.2, 0.25) is 5.91 Å². The van der Waals surface area contributed by atoms with Crippen molar-refractivity contribution < 1.29 is 24.6 Å². The second kappa shape index (κ2) is 7.73. The molecule has 0 aromatic carbocycles. The quantitative estimate of drug-likeness (QED) is 0.510. The highest BCUT2D eigenvalue weighted by atomic mass is 16.4. The highest BCUT2D eigenvalue weighted by molar-refractivity contribution is 5.84. The number of amides is 1. The van der Waals surface area contributed by atoms with Crippen LogP contribution >= 0.6 is 0 Å². The van der Waals surface area contributed by atoms with E-state index in [-0.39, 0.29) is 31.1 Å². The second-order valence-electron chi connectivity index (χ2n) is 4.81. The summed E-state index contributed by atoms with van der Waals surface area (Å²) < 4.78 is 0. The summed E-state index contributed by atoms with van der Waals surface area (Å²) in [6.45, 7) is 1.72. The molecule has 0 aliphatic carbocycles. The number of aliphatic carboxylic acids is 2. The molecule has 0 bridgehead atoms. The molecular weight excluding hydrogens is 252 g/mol. The van der Waals surface area contributed by atoms with Gasteiger partial charge in [-0.25, -0.2) is 4.79 Å². The van der Waals surface area contributed by atoms with E-state index in [2.05, 4.69) is 10.6 Å². The first-order valence-corrected chi connectivity index (χ1v) is 6.43. The normalized spacial score (nSPS) is 20.5. The van der Waals surface area contributed by atoms with E-state index in [1.165, 1.54) is 0 Å². The molecule has 0 saturated carbocycles. The first-order valence-electron chi connectivity index (χ1n) is 6.43. The van der Waals surface area contributed by atoms with Crippen molar-refractivity contribution in [3.8, 4) is 0 Å². The zero-order chi connectivity index (χ0) is 14.3. The van der Waals surface area contributed by atoms with Crippen molar-refractivity contribution >= 4 is 17.8 Å². The molecule has 1 heterocycles. The molecule has 1 amide bonds. The number of piperidine rings is 1. The zero-order valence-corrected chi connectivity index (χ0v) is 10.7. The second-order valence-corrected chi connectivity index (χ2v) is 4.81. The van der Waals surface area contributed by atoms with E-state index in [0.717, 1.165) is 25.9 Å². The molecule has 1 aliphatic heterocycles. The molecule has 1 aliphatic rings. The van der Waals surface area contributed by atoms with Gasteiger partial charge in [0, 0.05) is 12.8 Å². The topological polar surface area (TPSA) is 116 Å². The molecule has 1 fully saturated rings. The van der Waals surface area contributed by atoms with Gasteiger partial charge in [0.15, 0.2) is 0 Å². The fourth-order valence-corrected chi connectivity index (χ4v) is 2.14. The Kier molecular flexibility index (Phi) is 6.27. The maximum Gasteiger partial charge on any atom is 0.326 e. The van der Waals surface area contributed by atoms with E-state index in [9.17, 15) is 14.4 Å². The van der Waals surface area contributed by atoms with Crippen molar-refractivity contribution in [2.24, 2.45) is 5.92 Å². The molecule has 0 radical (unpaired) electrons. The third kappa shape index (κ3) is 6.19. The van der Waals surface area contributed by atoms with Crippen molar-refractivity contribution in [1.82, 2.24) is 10.6 Å². The molecule has 1 saturated heterocycles. The average Bonchev–Trinajstić information content (AvgIpc) is 2.35. The number of nitrogens with one attached hydrogen (secondary N) is 2. The summed E-state index contributed by atoms with van der Waals surface area (Å²) in [7, 11) is 0. The van der Waals surface area contributed by atoms with Gasteiger partial charge in [0.1, 0.15) is 6.04 Å². The Morgan fingerprint density at radius 3 is 2.58 bits per heavy atom. The minimum absolute atomic E-state index is 0.0979. The maximum absolute atomic E-state index is 11.7. The Morgan fingerprint density at radius 1 is 1.32 bits per heavy atom. The molecule has 7 nitrogen and oxygen atoms in total. The van der Waals surface area contributed by atoms with E-state index in [1.807, 2.05) is 0 Å². The lowest BCUT2D eigenvalue weighted by Crippen LogP contribution is -2.42. The van der Waals surface area contributed by atoms with Crippen LogP contribution in [0.25, 0.3) is 0 Å². The van der Waals surface area contributed by atoms with E-state index < -0.39 is 18.0 Å². The maximum atomic E-state index is 11.7. The molecule has 0 aromatic rings. The van der Waals surface area contributed by atoms with Crippen molar-refractivity contribution in [3.63, 3.8) is 0 Å². The van der Waals surface area contributed by atoms with Crippen molar-refractivity contribution in [2.75, 3.05) is 13.1 Å². The summed E-state index contributed by atoms with van der Waals surface area (Å²) >= 11 is 0. The lowest BCUT2D eigenvalue weighted by Gasteiger charge is -2.23. The molecule has 1 rings (SSSR count). The molecule has 0 aromatic heterocycles. The van der Waals surface area contributed by atoms with Gasteiger partial charge in [-0.1, -0.05) is 0 Å². The molecule has 2 unspecified atom stereocenters. The number of hydrogen-bond donors (Lipinski definition) is 4. The van der Waals surface area contributed by atoms with Crippen LogP contribution in [0.15, 0.2) is 0 Å². The number of carbonyl (C=O) groups is 3. The largest absolute Gasteiger partial charge is 0.481 e. The Labute approximate surface area is 111 Å². The summed E-state index contributed by atoms with van der Waals surface area (Å²) in [5.41, 5.74) is 0. The summed E-state index contributed by atoms with van der Waals surface area (Å²) in [5, 5.41) is 23.0. The minimum Gasteiger partial charge on any atom is -0.481 e. The standard InChI is InChI=1S/C12H20N2O5/c15-10(6-8-2-1-5-13-7-8)14-9(12(18)19)3-4-11(16)17/h8-9,13H,1-7H2,(H,14,15)(H,16,17)(H,18,19). The molecule has 0 spiro atoms. The fraction of sp³-hybridized carbons (Fsp3) is 0.750. The number of rotatable bonds is 7. The number of carbonyl (C=O) groups excluding carboxylic acids is 1. The fourth-order valence-electron chi connectivity index (χ4n) is 2.14. The highest BCUT2D eigenvalue weighted by Gasteiger charge is 2.23. The minimum atomic E-state index is -1.20. The highest BCUT2D eigenvalue weighted by Crippen LogP contribution is 2.14. The van der Waals surface area contributed by atoms with Gasteiger partial charge in [0.05, 0.1) is 0 Å². The van der Waals surface area contributed by atoms with Crippen LogP contribution in [0.3, 0.4) is 0 Å². The summed E-state index contributed by atoms with van der Waals surface area (Å²) in [5.74, 6) is -2.37. The predicted molar refractivity (Wildman–Crippen MR) is 66.6 cm³/mol. The molecular formula is C12H20N2O5. The van der Waals surface area contributed by atoms with Crippen LogP contribution in [0.5, 0.6) is 0 Å². The predicted octanol–water partition coefficient (Wildman–Crippen LogP) is -0.190. The van der Waals surface area contributed by atoms with E-state index in [0.29, 0.717) is 0 Å². The van der Waals surface area contributed by atoms with E-state index in [4.69, 9.17) is 10.2 Å². The first kappa shape index (κ1) is 15.4. The van der Waals surface area contributed by atoms with Crippen LogP contribution in [0.1, 0.15) is 32.1 Å². The lowest BCUT2D eigenvalue weighted by atomic mass is 9.95. The Bertz CT molecular complexity index is 339. The van der Waals surface area contributed by atoms with Gasteiger partial charge in [-0.05, 0) is 38.3 Å². The Balaban J connectivity index is 2.37. The average molecular weight is 272 g/mol. The van der Waals surface area contributed by atoms with Crippen molar-refractivity contribution in [1.29, 1.82) is 0 Å². The van der Waals surface area contributed by atoms with Gasteiger partial charge in [-0.3, -0.25) is 9.59 Å². The molecule has 7 heteroatoms. The number of carboxylic acids is 2. The SMILES string of the molecule is O=C(O)CCC(NC(=O)CC1CCCNC1)C(=O)O. The molecule has 2 atom stereocenters. The third-order valence-corrected chi connectivity index (χ3v) is 3.15. The molecule has 19 heavy (non-hydrogen) atoms. The Morgan fingerprint density at radius 2 is 2.05 bits per heavy atom. The van der Waals surface area contributed by atoms with Crippen LogP contribution in [-0.2, 0) is 14.4 Å². The van der Waals surface area contributed by atoms with Crippen LogP contribution in [-0.4, -0.2) is 47.2 Å². The van der Waals surface area contributed by atoms with Crippen LogP contribution in [0.2, 0.25) is 0 Å². The van der Waals surface area contributed by atoms with Gasteiger partial charge in [0.25, 0.3) is 0 Å². The molecule has 108 valence electrons. The molecule has 4 N–H and O–H groups in total. The van der Waals surface area contributed by atoms with Crippen molar-refractivity contribution in [3.05, 3.63) is 0 Å². The monoisotopic (exact) mass is 272 g/mol. The zero-order valence-electron chi connectivity index (χ0n) is 10.7. The van der Waals surface area contributed by atoms with Crippen LogP contribution in [0.4, 0.5) is 0 Å². The third-order valence-electron chi connectivity index (χ3n) is 3.15.